The second-order valence-electron chi connectivity index (χ2n) is 5.29. The fraction of sp³-hybridized carbons (Fsp3) is 0.174. The van der Waals surface area contributed by atoms with Gasteiger partial charge in [0.05, 0.1) is 0 Å². The molecule has 0 aromatic heterocycles. The first-order valence-corrected chi connectivity index (χ1v) is 8.56. The second kappa shape index (κ2) is 15.2. The van der Waals surface area contributed by atoms with Gasteiger partial charge in [0.25, 0.3) is 0 Å². The van der Waals surface area contributed by atoms with Crippen molar-refractivity contribution >= 4 is 18.1 Å². The highest BCUT2D eigenvalue weighted by molar-refractivity contribution is 5.81. The average Bonchev–Trinajstić information content (AvgIpc) is 2.70. The second-order valence-corrected chi connectivity index (χ2v) is 5.29. The number of hydrogen-bond acceptors (Lipinski definition) is 4. The zero-order valence-electron chi connectivity index (χ0n) is 15.8. The van der Waals surface area contributed by atoms with Gasteiger partial charge in [0.2, 0.25) is 6.29 Å². The molecule has 2 rings (SSSR count). The van der Waals surface area contributed by atoms with Crippen molar-refractivity contribution in [2.45, 2.75) is 26.1 Å². The highest BCUT2D eigenvalue weighted by Crippen LogP contribution is 2.09. The minimum Gasteiger partial charge on any atom is -0.508 e. The predicted molar refractivity (Wildman–Crippen MR) is 112 cm³/mol. The lowest BCUT2D eigenvalue weighted by atomic mass is 10.2. The van der Waals surface area contributed by atoms with E-state index in [4.69, 9.17) is 10.2 Å². The van der Waals surface area contributed by atoms with Gasteiger partial charge < -0.3 is 14.9 Å². The average molecular weight is 368 g/mol. The summed E-state index contributed by atoms with van der Waals surface area (Å²) in [6, 6.07) is 16.9. The van der Waals surface area contributed by atoms with Gasteiger partial charge in [-0.25, -0.2) is 4.79 Å². The highest BCUT2D eigenvalue weighted by Gasteiger charge is 2.05. The maximum atomic E-state index is 10.4. The lowest BCUT2D eigenvalue weighted by Crippen LogP contribution is -2.15. The van der Waals surface area contributed by atoms with Crippen LogP contribution in [0.1, 0.15) is 30.9 Å². The molecule has 144 valence electrons. The van der Waals surface area contributed by atoms with Crippen LogP contribution in [0.5, 0.6) is 5.75 Å². The normalized spacial score (nSPS) is 10.0. The molecular weight excluding hydrogens is 340 g/mol. The van der Waals surface area contributed by atoms with Crippen LogP contribution in [0.15, 0.2) is 80.4 Å². The number of aliphatic hydroxyl groups is 1. The van der Waals surface area contributed by atoms with E-state index in [1.54, 1.807) is 18.2 Å². The van der Waals surface area contributed by atoms with E-state index in [2.05, 4.69) is 24.5 Å². The molecule has 1 unspecified atom stereocenters. The maximum Gasteiger partial charge on any atom is 0.332 e. The zero-order chi connectivity index (χ0) is 20.5. The zero-order valence-corrected chi connectivity index (χ0v) is 15.8. The Balaban J connectivity index is 0.000000377. The molecule has 0 radical (unpaired) electrons. The molecule has 0 spiro atoms. The smallest absolute Gasteiger partial charge is 0.332 e. The minimum absolute atomic E-state index is 0.292. The molecule has 4 heteroatoms. The summed E-state index contributed by atoms with van der Waals surface area (Å²) in [6.45, 7) is 12.3. The highest BCUT2D eigenvalue weighted by atomic mass is 16.6. The number of phenolic OH excluding ortho intramolecular Hbond substituents is 1. The van der Waals surface area contributed by atoms with Gasteiger partial charge in [0.1, 0.15) is 5.75 Å². The number of phenols is 1. The van der Waals surface area contributed by atoms with Crippen molar-refractivity contribution in [2.24, 2.45) is 0 Å². The number of benzene rings is 2. The monoisotopic (exact) mass is 368 g/mol. The first kappa shape index (κ1) is 23.9. The van der Waals surface area contributed by atoms with Gasteiger partial charge >= 0.3 is 5.97 Å². The Morgan fingerprint density at radius 1 is 1.00 bits per heavy atom. The van der Waals surface area contributed by atoms with Crippen molar-refractivity contribution in [3.05, 3.63) is 91.5 Å². The largest absolute Gasteiger partial charge is 0.508 e. The van der Waals surface area contributed by atoms with Gasteiger partial charge in [0, 0.05) is 12.5 Å². The fourth-order valence-electron chi connectivity index (χ4n) is 1.69. The summed E-state index contributed by atoms with van der Waals surface area (Å²) in [7, 11) is 0. The van der Waals surface area contributed by atoms with Gasteiger partial charge in [-0.1, -0.05) is 87.7 Å². The molecule has 0 saturated carbocycles. The van der Waals surface area contributed by atoms with Crippen LogP contribution in [0.3, 0.4) is 0 Å². The van der Waals surface area contributed by atoms with Gasteiger partial charge in [-0.3, -0.25) is 0 Å². The quantitative estimate of drug-likeness (QED) is 0.418. The van der Waals surface area contributed by atoms with E-state index < -0.39 is 12.3 Å². The van der Waals surface area contributed by atoms with Crippen molar-refractivity contribution in [3.63, 3.8) is 0 Å². The Bertz CT molecular complexity index is 675. The van der Waals surface area contributed by atoms with Gasteiger partial charge in [0.15, 0.2) is 0 Å². The van der Waals surface area contributed by atoms with Crippen LogP contribution < -0.4 is 0 Å². The molecule has 0 aliphatic carbocycles. The summed E-state index contributed by atoms with van der Waals surface area (Å²) < 4.78 is 4.44. The molecule has 0 aliphatic heterocycles. The molecule has 1 atom stereocenters. The molecule has 0 amide bonds. The van der Waals surface area contributed by atoms with Gasteiger partial charge in [-0.15, -0.1) is 0 Å². The summed E-state index contributed by atoms with van der Waals surface area (Å²) in [5.41, 5.74) is 2.19. The Morgan fingerprint density at radius 3 is 1.93 bits per heavy atom. The van der Waals surface area contributed by atoms with Crippen molar-refractivity contribution < 1.29 is 19.7 Å². The fourth-order valence-corrected chi connectivity index (χ4v) is 1.69. The molecule has 2 aromatic carbocycles. The predicted octanol–water partition coefficient (Wildman–Crippen LogP) is 5.20. The topological polar surface area (TPSA) is 66.8 Å². The minimum atomic E-state index is -0.976. The van der Waals surface area contributed by atoms with E-state index in [-0.39, 0.29) is 0 Å². The number of hydrogen-bond donors (Lipinski definition) is 2. The van der Waals surface area contributed by atoms with E-state index in [0.29, 0.717) is 12.2 Å². The van der Waals surface area contributed by atoms with E-state index >= 15 is 0 Å². The van der Waals surface area contributed by atoms with E-state index in [1.807, 2.05) is 55.5 Å². The van der Waals surface area contributed by atoms with Crippen LogP contribution in [0.25, 0.3) is 12.2 Å². The first-order valence-electron chi connectivity index (χ1n) is 8.56. The Kier molecular flexibility index (Phi) is 13.4. The van der Waals surface area contributed by atoms with Crippen molar-refractivity contribution in [1.29, 1.82) is 0 Å². The molecule has 0 fully saturated rings. The molecular formula is C23H28O4. The molecule has 27 heavy (non-hydrogen) atoms. The maximum absolute atomic E-state index is 10.4. The summed E-state index contributed by atoms with van der Waals surface area (Å²) in [4.78, 5) is 10.4. The van der Waals surface area contributed by atoms with Crippen LogP contribution in [0.4, 0.5) is 0 Å². The third-order valence-corrected chi connectivity index (χ3v) is 3.12. The number of aromatic hydroxyl groups is 1. The first-order chi connectivity index (χ1) is 13.0. The van der Waals surface area contributed by atoms with Crippen molar-refractivity contribution in [1.82, 2.24) is 0 Å². The molecule has 2 N–H and O–H groups in total. The van der Waals surface area contributed by atoms with Crippen LogP contribution >= 0.6 is 0 Å². The van der Waals surface area contributed by atoms with Crippen LogP contribution in [0, 0.1) is 0 Å². The van der Waals surface area contributed by atoms with Crippen LogP contribution in [0.2, 0.25) is 0 Å². The number of ether oxygens (including phenoxy) is 1. The standard InChI is InChI=1S/C8H8O.C8H8.C7H12O3/c1-2-7-3-5-8(9)6-4-7;1-2-8-6-4-3-5-7-8;1-3-5-7(9)10-6(8)4-2/h2-6,9H,1H2;2-7H,1H2;4,7,9H,2-3,5H2,1H3. The molecule has 0 bridgehead atoms. The van der Waals surface area contributed by atoms with Gasteiger partial charge in [-0.2, -0.15) is 0 Å². The molecule has 0 heterocycles. The Morgan fingerprint density at radius 2 is 1.52 bits per heavy atom. The number of carbonyl (C=O) groups excluding carboxylic acids is 1. The molecule has 0 aliphatic rings. The van der Waals surface area contributed by atoms with E-state index in [1.165, 1.54) is 5.56 Å². The number of esters is 1. The SMILES string of the molecule is C=CC(=O)OC(O)CCC.C=Cc1ccc(O)cc1.C=Cc1ccccc1. The summed E-state index contributed by atoms with van der Waals surface area (Å²) in [5.74, 6) is -0.290. The number of carbonyl (C=O) groups is 1. The lowest BCUT2D eigenvalue weighted by molar-refractivity contribution is -0.162. The third-order valence-electron chi connectivity index (χ3n) is 3.12. The van der Waals surface area contributed by atoms with E-state index in [0.717, 1.165) is 18.1 Å². The molecule has 4 nitrogen and oxygen atoms in total. The third kappa shape index (κ3) is 12.8. The molecule has 2 aromatic rings. The summed E-state index contributed by atoms with van der Waals surface area (Å²) in [5, 5.41) is 17.7. The number of rotatable bonds is 6. The van der Waals surface area contributed by atoms with Gasteiger partial charge in [-0.05, 0) is 23.3 Å². The van der Waals surface area contributed by atoms with Crippen molar-refractivity contribution in [3.8, 4) is 5.75 Å². The summed E-state index contributed by atoms with van der Waals surface area (Å²) in [6.07, 6.45) is 4.87. The Hall–Kier alpha value is -3.11. The Labute approximate surface area is 161 Å². The lowest BCUT2D eigenvalue weighted by Gasteiger charge is -2.07. The molecule has 0 saturated heterocycles. The number of aliphatic hydroxyl groups excluding tert-OH is 1. The van der Waals surface area contributed by atoms with E-state index in [9.17, 15) is 4.79 Å². The summed E-state index contributed by atoms with van der Waals surface area (Å²) >= 11 is 0. The van der Waals surface area contributed by atoms with Crippen LogP contribution in [-0.2, 0) is 9.53 Å². The van der Waals surface area contributed by atoms with Crippen LogP contribution in [-0.4, -0.2) is 22.5 Å². The van der Waals surface area contributed by atoms with Crippen molar-refractivity contribution in [2.75, 3.05) is 0 Å².